The van der Waals surface area contributed by atoms with E-state index in [1.807, 2.05) is 6.07 Å². The minimum Gasteiger partial charge on any atom is -0.374 e. The maximum absolute atomic E-state index is 5.39. The van der Waals surface area contributed by atoms with Crippen LogP contribution in [-0.2, 0) is 19.5 Å². The van der Waals surface area contributed by atoms with E-state index in [4.69, 9.17) is 9.52 Å². The molecular weight excluding hydrogens is 465 g/mol. The van der Waals surface area contributed by atoms with Gasteiger partial charge in [-0.2, -0.15) is 0 Å². The monoisotopic (exact) mass is 497 g/mol. The van der Waals surface area contributed by atoms with Gasteiger partial charge in [0.2, 0.25) is 0 Å². The Morgan fingerprint density at radius 1 is 1.29 bits per heavy atom. The Hall–Kier alpha value is -1.77. The number of aryl methyl sites for hydroxylation is 1. The number of nitrogens with zero attached hydrogens (tertiary/aromatic N) is 3. The summed E-state index contributed by atoms with van der Waals surface area (Å²) in [6.07, 6.45) is 2.37. The molecule has 1 aliphatic heterocycles. The molecule has 0 amide bonds. The number of fused-ring (bicyclic) bond motifs is 1. The largest absolute Gasteiger partial charge is 0.374 e. The van der Waals surface area contributed by atoms with Crippen molar-refractivity contribution in [3.05, 3.63) is 46.8 Å². The van der Waals surface area contributed by atoms with Gasteiger partial charge in [0.25, 0.3) is 0 Å². The summed E-state index contributed by atoms with van der Waals surface area (Å²) in [4.78, 5) is 7.06. The van der Waals surface area contributed by atoms with Crippen molar-refractivity contribution in [2.45, 2.75) is 52.6 Å². The van der Waals surface area contributed by atoms with Crippen LogP contribution in [0.1, 0.15) is 55.7 Å². The van der Waals surface area contributed by atoms with Crippen molar-refractivity contribution in [1.29, 1.82) is 0 Å². The summed E-state index contributed by atoms with van der Waals surface area (Å²) in [5.74, 6) is 1.98. The smallest absolute Gasteiger partial charge is 0.191 e. The lowest BCUT2D eigenvalue weighted by atomic mass is 10.00. The fraction of sp³-hybridized carbons (Fsp3) is 0.524. The van der Waals surface area contributed by atoms with Crippen LogP contribution in [0.4, 0.5) is 5.69 Å². The molecule has 0 saturated carbocycles. The summed E-state index contributed by atoms with van der Waals surface area (Å²) in [6.45, 7) is 9.46. The molecule has 7 heteroatoms. The van der Waals surface area contributed by atoms with Gasteiger partial charge in [0.1, 0.15) is 0 Å². The molecule has 0 atom stereocenters. The lowest BCUT2D eigenvalue weighted by Gasteiger charge is -2.27. The van der Waals surface area contributed by atoms with Crippen LogP contribution < -0.4 is 15.5 Å². The van der Waals surface area contributed by atoms with E-state index in [9.17, 15) is 0 Å². The summed E-state index contributed by atoms with van der Waals surface area (Å²) >= 11 is 0. The molecule has 2 heterocycles. The Morgan fingerprint density at radius 2 is 2.11 bits per heavy atom. The molecule has 0 bridgehead atoms. The molecule has 28 heavy (non-hydrogen) atoms. The molecule has 0 unspecified atom stereocenters. The highest BCUT2D eigenvalue weighted by Gasteiger charge is 2.13. The topological polar surface area (TPSA) is 65.7 Å². The second-order valence-electron chi connectivity index (χ2n) is 7.41. The Balaban J connectivity index is 0.00000280. The molecule has 0 radical (unpaired) electrons. The predicted molar refractivity (Wildman–Crippen MR) is 126 cm³/mol. The highest BCUT2D eigenvalue weighted by molar-refractivity contribution is 14.0. The third-order valence-electron chi connectivity index (χ3n) is 4.86. The Morgan fingerprint density at radius 3 is 2.82 bits per heavy atom. The Labute approximate surface area is 185 Å². The number of anilines is 1. The fourth-order valence-electron chi connectivity index (χ4n) is 3.30. The molecule has 0 spiro atoms. The molecule has 0 fully saturated rings. The summed E-state index contributed by atoms with van der Waals surface area (Å²) < 4.78 is 5.39. The molecule has 2 N–H and O–H groups in total. The Kier molecular flexibility index (Phi) is 8.59. The van der Waals surface area contributed by atoms with Gasteiger partial charge in [0.15, 0.2) is 11.7 Å². The minimum atomic E-state index is 0. The lowest BCUT2D eigenvalue weighted by molar-refractivity contribution is 0.372. The van der Waals surface area contributed by atoms with Crippen LogP contribution in [0.3, 0.4) is 0 Å². The molecule has 6 nitrogen and oxygen atoms in total. The van der Waals surface area contributed by atoms with Crippen LogP contribution in [0.2, 0.25) is 0 Å². The first-order chi connectivity index (χ1) is 13.1. The van der Waals surface area contributed by atoms with Crippen LogP contribution in [0.15, 0.2) is 33.8 Å². The standard InChI is InChI=1S/C21H31N5O.HI/c1-5-22-21(24-14-18-12-19(15(2)3)25-27-18)23-13-16-8-9-20-17(11-16)7-6-10-26(20)4;/h8-9,11-12,15H,5-7,10,13-14H2,1-4H3,(H2,22,23,24);1H. The van der Waals surface area contributed by atoms with Crippen molar-refractivity contribution in [1.82, 2.24) is 15.8 Å². The third-order valence-corrected chi connectivity index (χ3v) is 4.86. The quantitative estimate of drug-likeness (QED) is 0.358. The number of hydrogen-bond acceptors (Lipinski definition) is 4. The van der Waals surface area contributed by atoms with Crippen molar-refractivity contribution in [3.8, 4) is 0 Å². The molecule has 2 aromatic rings. The Bertz CT molecular complexity index is 787. The van der Waals surface area contributed by atoms with E-state index >= 15 is 0 Å². The van der Waals surface area contributed by atoms with Gasteiger partial charge in [0, 0.05) is 31.9 Å². The summed E-state index contributed by atoms with van der Waals surface area (Å²) in [5, 5.41) is 10.7. The maximum atomic E-state index is 5.39. The first kappa shape index (κ1) is 22.5. The van der Waals surface area contributed by atoms with Crippen molar-refractivity contribution in [3.63, 3.8) is 0 Å². The molecule has 154 valence electrons. The zero-order valence-electron chi connectivity index (χ0n) is 17.3. The number of nitrogens with one attached hydrogen (secondary N) is 2. The van der Waals surface area contributed by atoms with E-state index in [2.05, 4.69) is 66.7 Å². The number of aliphatic imine (C=N–C) groups is 1. The predicted octanol–water partition coefficient (Wildman–Crippen LogP) is 4.05. The summed E-state index contributed by atoms with van der Waals surface area (Å²) in [6, 6.07) is 8.70. The lowest BCUT2D eigenvalue weighted by Crippen LogP contribution is -2.36. The van der Waals surface area contributed by atoms with E-state index < -0.39 is 0 Å². The number of hydrogen-bond donors (Lipinski definition) is 2. The van der Waals surface area contributed by atoms with Gasteiger partial charge in [-0.15, -0.1) is 24.0 Å². The minimum absolute atomic E-state index is 0. The number of guanidine groups is 1. The van der Waals surface area contributed by atoms with Gasteiger partial charge in [-0.1, -0.05) is 31.1 Å². The molecule has 1 aromatic heterocycles. The highest BCUT2D eigenvalue weighted by Crippen LogP contribution is 2.27. The van der Waals surface area contributed by atoms with Crippen LogP contribution in [0.25, 0.3) is 0 Å². The van der Waals surface area contributed by atoms with Gasteiger partial charge in [-0.3, -0.25) is 0 Å². The molecule has 1 aromatic carbocycles. The van der Waals surface area contributed by atoms with E-state index in [1.54, 1.807) is 0 Å². The van der Waals surface area contributed by atoms with Gasteiger partial charge < -0.3 is 20.1 Å². The first-order valence-corrected chi connectivity index (χ1v) is 9.87. The average Bonchev–Trinajstić information content (AvgIpc) is 3.13. The van der Waals surface area contributed by atoms with Gasteiger partial charge in [-0.25, -0.2) is 4.99 Å². The second kappa shape index (κ2) is 10.7. The van der Waals surface area contributed by atoms with Crippen molar-refractivity contribution < 1.29 is 4.52 Å². The third kappa shape index (κ3) is 5.86. The second-order valence-corrected chi connectivity index (χ2v) is 7.41. The van der Waals surface area contributed by atoms with Crippen LogP contribution in [0, 0.1) is 0 Å². The van der Waals surface area contributed by atoms with E-state index in [0.717, 1.165) is 36.9 Å². The average molecular weight is 497 g/mol. The van der Waals surface area contributed by atoms with Gasteiger partial charge >= 0.3 is 0 Å². The first-order valence-electron chi connectivity index (χ1n) is 9.87. The van der Waals surface area contributed by atoms with E-state index in [0.29, 0.717) is 19.0 Å². The van der Waals surface area contributed by atoms with Crippen LogP contribution >= 0.6 is 24.0 Å². The maximum Gasteiger partial charge on any atom is 0.191 e. The molecule has 3 rings (SSSR count). The summed E-state index contributed by atoms with van der Waals surface area (Å²) in [5.41, 5.74) is 5.00. The number of aromatic nitrogens is 1. The van der Waals surface area contributed by atoms with Crippen molar-refractivity contribution >= 4 is 35.6 Å². The molecular formula is C21H32IN5O. The van der Waals surface area contributed by atoms with Gasteiger partial charge in [0.05, 0.1) is 18.8 Å². The molecule has 0 saturated heterocycles. The molecule has 1 aliphatic rings. The summed E-state index contributed by atoms with van der Waals surface area (Å²) in [7, 11) is 2.16. The van der Waals surface area contributed by atoms with E-state index in [1.165, 1.54) is 23.2 Å². The van der Waals surface area contributed by atoms with Crippen LogP contribution in [0.5, 0.6) is 0 Å². The SMILES string of the molecule is CCNC(=NCc1ccc2c(c1)CCCN2C)NCc1cc(C(C)C)no1.I. The van der Waals surface area contributed by atoms with Crippen molar-refractivity contribution in [2.24, 2.45) is 4.99 Å². The van der Waals surface area contributed by atoms with E-state index in [-0.39, 0.29) is 24.0 Å². The number of halogens is 1. The van der Waals surface area contributed by atoms with Crippen molar-refractivity contribution in [2.75, 3.05) is 25.0 Å². The number of rotatable bonds is 6. The number of benzene rings is 1. The van der Waals surface area contributed by atoms with Crippen LogP contribution in [-0.4, -0.2) is 31.3 Å². The highest BCUT2D eigenvalue weighted by atomic mass is 127. The molecule has 0 aliphatic carbocycles. The fourth-order valence-corrected chi connectivity index (χ4v) is 3.30. The zero-order valence-corrected chi connectivity index (χ0v) is 19.6. The zero-order chi connectivity index (χ0) is 19.2. The normalized spacial score (nSPS) is 13.9. The van der Waals surface area contributed by atoms with Gasteiger partial charge in [-0.05, 0) is 42.9 Å².